The zero-order valence-corrected chi connectivity index (χ0v) is 12.5. The molecule has 0 amide bonds. The Bertz CT molecular complexity index is 433. The number of hydrogen-bond acceptors (Lipinski definition) is 2. The van der Waals surface area contributed by atoms with E-state index in [0.717, 1.165) is 18.6 Å². The zero-order chi connectivity index (χ0) is 14.5. The second-order valence-corrected chi connectivity index (χ2v) is 6.06. The Morgan fingerprint density at radius 2 is 1.95 bits per heavy atom. The molecule has 1 aromatic carbocycles. The molecule has 3 N–H and O–H groups in total. The van der Waals surface area contributed by atoms with E-state index in [1.165, 1.54) is 11.1 Å². The Morgan fingerprint density at radius 1 is 1.26 bits per heavy atom. The number of nitrogens with two attached hydrogens (primary N) is 1. The highest BCUT2D eigenvalue weighted by Crippen LogP contribution is 2.27. The normalized spacial score (nSPS) is 11.4. The molecule has 1 aromatic rings. The minimum Gasteiger partial charge on any atom is -0.493 e. The van der Waals surface area contributed by atoms with Crippen LogP contribution >= 0.6 is 0 Å². The van der Waals surface area contributed by atoms with Crippen molar-refractivity contribution in [2.45, 2.75) is 52.4 Å². The molecule has 0 unspecified atom stereocenters. The fourth-order valence-electron chi connectivity index (χ4n) is 1.88. The van der Waals surface area contributed by atoms with E-state index in [0.29, 0.717) is 13.0 Å². The van der Waals surface area contributed by atoms with Crippen LogP contribution in [0.25, 0.3) is 0 Å². The number of hydrogen-bond donors (Lipinski definition) is 2. The van der Waals surface area contributed by atoms with Crippen LogP contribution in [0.2, 0.25) is 0 Å². The van der Waals surface area contributed by atoms with Crippen LogP contribution in [0.3, 0.4) is 0 Å². The molecule has 19 heavy (non-hydrogen) atoms. The van der Waals surface area contributed by atoms with Crippen LogP contribution in [0, 0.1) is 12.3 Å². The quantitative estimate of drug-likeness (QED) is 0.465. The lowest BCUT2D eigenvalue weighted by atomic mass is 9.86. The van der Waals surface area contributed by atoms with Gasteiger partial charge in [0.05, 0.1) is 12.4 Å². The van der Waals surface area contributed by atoms with Crippen LogP contribution < -0.4 is 10.5 Å². The second-order valence-electron chi connectivity index (χ2n) is 6.06. The number of ether oxygens (including phenoxy) is 1. The Morgan fingerprint density at radius 3 is 2.47 bits per heavy atom. The van der Waals surface area contributed by atoms with Crippen LogP contribution in [0.1, 0.15) is 51.2 Å². The number of benzene rings is 1. The standard InChI is InChI=1S/C16H26N2O/c1-12-11-13(16(2,3)4)8-9-14(12)19-10-6-5-7-15(17)18/h8-9,11H,5-7,10H2,1-4H3,(H3,17,18). The summed E-state index contributed by atoms with van der Waals surface area (Å²) in [5, 5.41) is 7.15. The molecule has 0 saturated heterocycles. The van der Waals surface area contributed by atoms with Crippen LogP contribution in [-0.2, 0) is 5.41 Å². The van der Waals surface area contributed by atoms with E-state index in [4.69, 9.17) is 15.9 Å². The highest BCUT2D eigenvalue weighted by molar-refractivity contribution is 5.76. The fraction of sp³-hybridized carbons (Fsp3) is 0.562. The molecule has 0 saturated carbocycles. The average Bonchev–Trinajstić information content (AvgIpc) is 2.28. The van der Waals surface area contributed by atoms with Crippen LogP contribution in [0.15, 0.2) is 18.2 Å². The van der Waals surface area contributed by atoms with Gasteiger partial charge in [-0.2, -0.15) is 0 Å². The third-order valence-electron chi connectivity index (χ3n) is 3.14. The van der Waals surface area contributed by atoms with Gasteiger partial charge in [0.15, 0.2) is 0 Å². The Kier molecular flexibility index (Phi) is 5.40. The van der Waals surface area contributed by atoms with E-state index >= 15 is 0 Å². The molecule has 0 aliphatic rings. The summed E-state index contributed by atoms with van der Waals surface area (Å²) in [5.74, 6) is 1.21. The lowest BCUT2D eigenvalue weighted by Gasteiger charge is -2.20. The summed E-state index contributed by atoms with van der Waals surface area (Å²) in [7, 11) is 0. The molecule has 3 nitrogen and oxygen atoms in total. The third-order valence-corrected chi connectivity index (χ3v) is 3.14. The highest BCUT2D eigenvalue weighted by atomic mass is 16.5. The molecule has 1 rings (SSSR count). The van der Waals surface area contributed by atoms with E-state index in [1.807, 2.05) is 0 Å². The summed E-state index contributed by atoms with van der Waals surface area (Å²) in [6, 6.07) is 6.39. The van der Waals surface area contributed by atoms with Gasteiger partial charge in [0.2, 0.25) is 0 Å². The van der Waals surface area contributed by atoms with Gasteiger partial charge in [0.1, 0.15) is 5.75 Å². The van der Waals surface area contributed by atoms with Crippen LogP contribution in [0.5, 0.6) is 5.75 Å². The van der Waals surface area contributed by atoms with Gasteiger partial charge in [-0.05, 0) is 42.4 Å². The van der Waals surface area contributed by atoms with E-state index in [2.05, 4.69) is 45.9 Å². The summed E-state index contributed by atoms with van der Waals surface area (Å²) in [4.78, 5) is 0. The van der Waals surface area contributed by atoms with Crippen molar-refractivity contribution in [3.05, 3.63) is 29.3 Å². The van der Waals surface area contributed by atoms with Crippen LogP contribution in [0.4, 0.5) is 0 Å². The van der Waals surface area contributed by atoms with Gasteiger partial charge in [-0.1, -0.05) is 32.9 Å². The molecule has 0 aromatic heterocycles. The maximum Gasteiger partial charge on any atom is 0.122 e. The predicted octanol–water partition coefficient (Wildman–Crippen LogP) is 3.78. The van der Waals surface area contributed by atoms with Crippen molar-refractivity contribution in [3.63, 3.8) is 0 Å². The minimum absolute atomic E-state index is 0.171. The predicted molar refractivity (Wildman–Crippen MR) is 81.1 cm³/mol. The van der Waals surface area contributed by atoms with Gasteiger partial charge < -0.3 is 10.5 Å². The molecule has 106 valence electrons. The van der Waals surface area contributed by atoms with Gasteiger partial charge in [0.25, 0.3) is 0 Å². The molecular formula is C16H26N2O. The Labute approximate surface area is 116 Å². The van der Waals surface area contributed by atoms with Crippen molar-refractivity contribution in [1.29, 1.82) is 5.41 Å². The van der Waals surface area contributed by atoms with Gasteiger partial charge in [-0.15, -0.1) is 0 Å². The van der Waals surface area contributed by atoms with Crippen LogP contribution in [-0.4, -0.2) is 12.4 Å². The molecule has 0 spiro atoms. The average molecular weight is 262 g/mol. The SMILES string of the molecule is Cc1cc(C(C)(C)C)ccc1OCCCCC(=N)N. The summed E-state index contributed by atoms with van der Waals surface area (Å²) in [6.45, 7) is 9.40. The fourth-order valence-corrected chi connectivity index (χ4v) is 1.88. The topological polar surface area (TPSA) is 59.1 Å². The van der Waals surface area contributed by atoms with Gasteiger partial charge in [-0.3, -0.25) is 5.41 Å². The first-order chi connectivity index (χ1) is 8.80. The molecule has 0 bridgehead atoms. The van der Waals surface area contributed by atoms with Gasteiger partial charge in [0, 0.05) is 6.42 Å². The minimum atomic E-state index is 0.171. The molecule has 0 aliphatic heterocycles. The summed E-state index contributed by atoms with van der Waals surface area (Å²) < 4.78 is 5.77. The van der Waals surface area contributed by atoms with Gasteiger partial charge in [-0.25, -0.2) is 0 Å². The second kappa shape index (κ2) is 6.60. The molecule has 0 heterocycles. The molecule has 0 atom stereocenters. The highest BCUT2D eigenvalue weighted by Gasteiger charge is 2.14. The monoisotopic (exact) mass is 262 g/mol. The molecule has 3 heteroatoms. The number of rotatable bonds is 6. The first-order valence-electron chi connectivity index (χ1n) is 6.87. The van der Waals surface area contributed by atoms with Crippen molar-refractivity contribution in [2.75, 3.05) is 6.61 Å². The maximum absolute atomic E-state index is 7.15. The Balaban J connectivity index is 2.49. The first-order valence-corrected chi connectivity index (χ1v) is 6.87. The Hall–Kier alpha value is -1.51. The molecule has 0 fully saturated rings. The van der Waals surface area contributed by atoms with E-state index in [9.17, 15) is 0 Å². The molecule has 0 aliphatic carbocycles. The van der Waals surface area contributed by atoms with Crippen molar-refractivity contribution < 1.29 is 4.74 Å². The first kappa shape index (κ1) is 15.5. The number of nitrogens with one attached hydrogen (secondary N) is 1. The lowest BCUT2D eigenvalue weighted by Crippen LogP contribution is -2.11. The third kappa shape index (κ3) is 5.33. The molecular weight excluding hydrogens is 236 g/mol. The van der Waals surface area contributed by atoms with Gasteiger partial charge >= 0.3 is 0 Å². The van der Waals surface area contributed by atoms with Crippen molar-refractivity contribution in [1.82, 2.24) is 0 Å². The van der Waals surface area contributed by atoms with Crippen molar-refractivity contribution in [3.8, 4) is 5.75 Å². The maximum atomic E-state index is 7.15. The summed E-state index contributed by atoms with van der Waals surface area (Å²) in [5.41, 5.74) is 7.99. The number of amidine groups is 1. The smallest absolute Gasteiger partial charge is 0.122 e. The van der Waals surface area contributed by atoms with E-state index in [-0.39, 0.29) is 11.3 Å². The molecule has 0 radical (unpaired) electrons. The zero-order valence-electron chi connectivity index (χ0n) is 12.5. The summed E-state index contributed by atoms with van der Waals surface area (Å²) >= 11 is 0. The van der Waals surface area contributed by atoms with Crippen molar-refractivity contribution >= 4 is 5.84 Å². The van der Waals surface area contributed by atoms with Crippen molar-refractivity contribution in [2.24, 2.45) is 5.73 Å². The summed E-state index contributed by atoms with van der Waals surface area (Å²) in [6.07, 6.45) is 2.50. The lowest BCUT2D eigenvalue weighted by molar-refractivity contribution is 0.305. The van der Waals surface area contributed by atoms with E-state index in [1.54, 1.807) is 0 Å². The number of aryl methyl sites for hydroxylation is 1. The largest absolute Gasteiger partial charge is 0.493 e. The van der Waals surface area contributed by atoms with E-state index < -0.39 is 0 Å². The number of unbranched alkanes of at least 4 members (excludes halogenated alkanes) is 1.